The molecule has 2 aromatic rings. The number of para-hydroxylation sites is 2. The van der Waals surface area contributed by atoms with E-state index >= 15 is 0 Å². The van der Waals surface area contributed by atoms with Crippen LogP contribution >= 0.6 is 0 Å². The van der Waals surface area contributed by atoms with E-state index in [1.165, 1.54) is 5.56 Å². The zero-order valence-corrected chi connectivity index (χ0v) is 17.6. The third kappa shape index (κ3) is 4.36. The van der Waals surface area contributed by atoms with Crippen LogP contribution in [-0.4, -0.2) is 37.6 Å². The highest BCUT2D eigenvalue weighted by atomic mass is 16.5. The molecule has 0 bridgehead atoms. The van der Waals surface area contributed by atoms with Crippen molar-refractivity contribution in [3.63, 3.8) is 0 Å². The molecule has 0 fully saturated rings. The fraction of sp³-hybridized carbons (Fsp3) is 0.391. The fourth-order valence-corrected chi connectivity index (χ4v) is 3.58. The summed E-state index contributed by atoms with van der Waals surface area (Å²) >= 11 is 0. The molecule has 3 rings (SSSR count). The van der Waals surface area contributed by atoms with Crippen LogP contribution in [0.4, 0.5) is 5.69 Å². The summed E-state index contributed by atoms with van der Waals surface area (Å²) in [6, 6.07) is 13.1. The number of nitrogens with zero attached hydrogens (tertiary/aromatic N) is 1. The molecule has 2 aromatic carbocycles. The second-order valence-electron chi connectivity index (χ2n) is 7.57. The highest BCUT2D eigenvalue weighted by Crippen LogP contribution is 2.34. The molecule has 1 N–H and O–H groups in total. The first kappa shape index (κ1) is 20.7. The Bertz CT molecular complexity index is 910. The predicted molar refractivity (Wildman–Crippen MR) is 113 cm³/mol. The number of fused-ring (bicyclic) bond motifs is 1. The van der Waals surface area contributed by atoms with Crippen LogP contribution in [0.25, 0.3) is 0 Å². The molecule has 1 aliphatic heterocycles. The van der Waals surface area contributed by atoms with Gasteiger partial charge >= 0.3 is 0 Å². The molecule has 2 atom stereocenters. The van der Waals surface area contributed by atoms with Gasteiger partial charge in [0, 0.05) is 7.05 Å². The summed E-state index contributed by atoms with van der Waals surface area (Å²) in [7, 11) is 1.55. The third-order valence-corrected chi connectivity index (χ3v) is 5.10. The number of likely N-dealkylation sites (N-methyl/N-ethyl adjacent to an activating group) is 1. The van der Waals surface area contributed by atoms with Crippen molar-refractivity contribution in [3.05, 3.63) is 53.6 Å². The van der Waals surface area contributed by atoms with E-state index in [1.54, 1.807) is 24.9 Å². The smallest absolute Gasteiger partial charge is 0.268 e. The van der Waals surface area contributed by atoms with Gasteiger partial charge in [0.15, 0.2) is 12.2 Å². The van der Waals surface area contributed by atoms with Crippen molar-refractivity contribution in [1.29, 1.82) is 0 Å². The van der Waals surface area contributed by atoms with Gasteiger partial charge in [-0.2, -0.15) is 0 Å². The molecule has 0 aromatic heterocycles. The number of amides is 2. The molecule has 154 valence electrons. The largest absolute Gasteiger partial charge is 0.481 e. The molecule has 29 heavy (non-hydrogen) atoms. The lowest BCUT2D eigenvalue weighted by Gasteiger charge is -2.35. The molecule has 0 radical (unpaired) electrons. The molecule has 1 heterocycles. The van der Waals surface area contributed by atoms with E-state index in [0.29, 0.717) is 23.1 Å². The van der Waals surface area contributed by atoms with E-state index in [-0.39, 0.29) is 18.4 Å². The van der Waals surface area contributed by atoms with Crippen molar-refractivity contribution in [2.75, 3.05) is 18.5 Å². The maximum atomic E-state index is 13.2. The lowest BCUT2D eigenvalue weighted by molar-refractivity contribution is -0.129. The van der Waals surface area contributed by atoms with Gasteiger partial charge in [0.1, 0.15) is 11.5 Å². The molecular weight excluding hydrogens is 368 g/mol. The summed E-state index contributed by atoms with van der Waals surface area (Å²) in [5.74, 6) is 1.09. The minimum atomic E-state index is -0.765. The fourth-order valence-electron chi connectivity index (χ4n) is 3.58. The van der Waals surface area contributed by atoms with Gasteiger partial charge in [-0.05, 0) is 55.2 Å². The van der Waals surface area contributed by atoms with Crippen molar-refractivity contribution >= 4 is 17.5 Å². The average Bonchev–Trinajstić information content (AvgIpc) is 2.71. The van der Waals surface area contributed by atoms with Crippen LogP contribution in [-0.2, 0) is 9.59 Å². The number of anilines is 1. The maximum Gasteiger partial charge on any atom is 0.268 e. The predicted octanol–water partition coefficient (Wildman–Crippen LogP) is 3.43. The minimum Gasteiger partial charge on any atom is -0.481 e. The molecule has 0 spiro atoms. The Hall–Kier alpha value is -3.02. The highest BCUT2D eigenvalue weighted by molar-refractivity contribution is 5.99. The van der Waals surface area contributed by atoms with E-state index in [2.05, 4.69) is 19.2 Å². The lowest BCUT2D eigenvalue weighted by Crippen LogP contribution is -2.52. The number of benzene rings is 2. The summed E-state index contributed by atoms with van der Waals surface area (Å²) in [5, 5.41) is 2.58. The Morgan fingerprint density at radius 3 is 2.55 bits per heavy atom. The molecule has 0 aliphatic carbocycles. The Kier molecular flexibility index (Phi) is 6.11. The first-order valence-corrected chi connectivity index (χ1v) is 9.87. The van der Waals surface area contributed by atoms with E-state index < -0.39 is 12.2 Å². The molecule has 6 nitrogen and oxygen atoms in total. The first-order valence-electron chi connectivity index (χ1n) is 9.87. The van der Waals surface area contributed by atoms with Gasteiger partial charge in [-0.1, -0.05) is 32.0 Å². The average molecular weight is 396 g/mol. The van der Waals surface area contributed by atoms with Crippen LogP contribution in [0.5, 0.6) is 11.5 Å². The summed E-state index contributed by atoms with van der Waals surface area (Å²) in [4.78, 5) is 26.9. The van der Waals surface area contributed by atoms with Gasteiger partial charge in [0.05, 0.1) is 12.2 Å². The highest BCUT2D eigenvalue weighted by Gasteiger charge is 2.35. The SMILES string of the molecule is CNC(=O)[C@H]1CN(C(=O)[C@@H](C)Oc2ccc(C(C)C)c(C)c2)c2ccccc2O1. The standard InChI is InChI=1S/C23H28N2O4/c1-14(2)18-11-10-17(12-15(18)3)28-16(4)23(27)25-13-21(22(26)24-5)29-20-9-7-6-8-19(20)25/h6-12,14,16,21H,13H2,1-5H3,(H,24,26)/t16-,21-/m1/s1. The van der Waals surface area contributed by atoms with Gasteiger partial charge < -0.3 is 19.7 Å². The van der Waals surface area contributed by atoms with Gasteiger partial charge in [0.2, 0.25) is 0 Å². The van der Waals surface area contributed by atoms with E-state index in [1.807, 2.05) is 43.3 Å². The number of carbonyl (C=O) groups excluding carboxylic acids is 2. The topological polar surface area (TPSA) is 67.9 Å². The minimum absolute atomic E-state index is 0.133. The number of hydrogen-bond donors (Lipinski definition) is 1. The van der Waals surface area contributed by atoms with Crippen LogP contribution in [0.15, 0.2) is 42.5 Å². The Balaban J connectivity index is 1.81. The third-order valence-electron chi connectivity index (χ3n) is 5.10. The number of nitrogens with one attached hydrogen (secondary N) is 1. The van der Waals surface area contributed by atoms with Gasteiger partial charge in [-0.25, -0.2) is 0 Å². The maximum absolute atomic E-state index is 13.2. The van der Waals surface area contributed by atoms with Crippen molar-refractivity contribution in [3.8, 4) is 11.5 Å². The monoisotopic (exact) mass is 396 g/mol. The van der Waals surface area contributed by atoms with Gasteiger partial charge in [-0.3, -0.25) is 9.59 Å². The number of ether oxygens (including phenoxy) is 2. The zero-order chi connectivity index (χ0) is 21.1. The summed E-state index contributed by atoms with van der Waals surface area (Å²) < 4.78 is 11.7. The Morgan fingerprint density at radius 2 is 1.90 bits per heavy atom. The van der Waals surface area contributed by atoms with Crippen molar-refractivity contribution < 1.29 is 19.1 Å². The summed E-state index contributed by atoms with van der Waals surface area (Å²) in [6.07, 6.45) is -1.48. The van der Waals surface area contributed by atoms with E-state index in [4.69, 9.17) is 9.47 Å². The van der Waals surface area contributed by atoms with Crippen molar-refractivity contribution in [1.82, 2.24) is 5.32 Å². The normalized spacial score (nSPS) is 16.6. The van der Waals surface area contributed by atoms with E-state index in [9.17, 15) is 9.59 Å². The molecular formula is C23H28N2O4. The quantitative estimate of drug-likeness (QED) is 0.841. The Labute approximate surface area is 171 Å². The number of rotatable bonds is 5. The second kappa shape index (κ2) is 8.55. The number of carbonyl (C=O) groups is 2. The molecule has 1 aliphatic rings. The molecule has 0 saturated heterocycles. The van der Waals surface area contributed by atoms with Gasteiger partial charge in [-0.15, -0.1) is 0 Å². The lowest BCUT2D eigenvalue weighted by atomic mass is 9.98. The van der Waals surface area contributed by atoms with Crippen molar-refractivity contribution in [2.45, 2.75) is 45.8 Å². The van der Waals surface area contributed by atoms with Crippen LogP contribution < -0.4 is 19.7 Å². The second-order valence-corrected chi connectivity index (χ2v) is 7.57. The van der Waals surface area contributed by atoms with Gasteiger partial charge in [0.25, 0.3) is 11.8 Å². The summed E-state index contributed by atoms with van der Waals surface area (Å²) in [6.45, 7) is 8.19. The number of aryl methyl sites for hydroxylation is 1. The Morgan fingerprint density at radius 1 is 1.17 bits per heavy atom. The first-order chi connectivity index (χ1) is 13.8. The van der Waals surface area contributed by atoms with Crippen LogP contribution in [0.2, 0.25) is 0 Å². The molecule has 0 unspecified atom stereocenters. The molecule has 0 saturated carbocycles. The van der Waals surface area contributed by atoms with Crippen molar-refractivity contribution in [2.24, 2.45) is 0 Å². The molecule has 2 amide bonds. The summed E-state index contributed by atoms with van der Waals surface area (Å²) in [5.41, 5.74) is 3.03. The number of hydrogen-bond acceptors (Lipinski definition) is 4. The van der Waals surface area contributed by atoms with Crippen LogP contribution in [0.3, 0.4) is 0 Å². The molecule has 6 heteroatoms. The van der Waals surface area contributed by atoms with Crippen LogP contribution in [0.1, 0.15) is 37.8 Å². The zero-order valence-electron chi connectivity index (χ0n) is 17.6. The van der Waals surface area contributed by atoms with Crippen LogP contribution in [0, 0.1) is 6.92 Å². The van der Waals surface area contributed by atoms with E-state index in [0.717, 1.165) is 5.56 Å².